The summed E-state index contributed by atoms with van der Waals surface area (Å²) in [5.41, 5.74) is 2.02. The van der Waals surface area contributed by atoms with E-state index in [1.807, 2.05) is 43.3 Å². The minimum Gasteiger partial charge on any atom is -0.207 e. The van der Waals surface area contributed by atoms with Gasteiger partial charge in [-0.05, 0) is 43.2 Å². The van der Waals surface area contributed by atoms with E-state index in [9.17, 15) is 8.42 Å². The molecule has 0 heterocycles. The van der Waals surface area contributed by atoms with Crippen LogP contribution >= 0.6 is 11.6 Å². The molecule has 0 saturated heterocycles. The maximum Gasteiger partial charge on any atom is 0.243 e. The standard InChI is InChI=1S/C20H20ClNO2S/c1-3-15-22(25(23,24)20-13-7-17(2)8-14-20)16-5-4-6-18-9-11-19(21)12-10-18/h1,4,6-14H,5,15-16H2,2H3/b6-4+. The molecule has 130 valence electrons. The molecule has 0 unspecified atom stereocenters. The molecular weight excluding hydrogens is 354 g/mol. The normalized spacial score (nSPS) is 11.8. The third-order valence-corrected chi connectivity index (χ3v) is 5.76. The Morgan fingerprint density at radius 1 is 1.12 bits per heavy atom. The van der Waals surface area contributed by atoms with E-state index in [1.165, 1.54) is 4.31 Å². The Bertz CT molecular complexity index is 863. The zero-order valence-corrected chi connectivity index (χ0v) is 15.6. The quantitative estimate of drug-likeness (QED) is 0.675. The predicted octanol–water partition coefficient (Wildman–Crippen LogP) is 4.38. The van der Waals surface area contributed by atoms with E-state index in [-0.39, 0.29) is 11.4 Å². The second kappa shape index (κ2) is 8.87. The summed E-state index contributed by atoms with van der Waals surface area (Å²) < 4.78 is 26.8. The summed E-state index contributed by atoms with van der Waals surface area (Å²) >= 11 is 5.85. The first kappa shape index (κ1) is 19.3. The summed E-state index contributed by atoms with van der Waals surface area (Å²) in [4.78, 5) is 0.259. The van der Waals surface area contributed by atoms with Gasteiger partial charge < -0.3 is 0 Å². The largest absolute Gasteiger partial charge is 0.243 e. The molecule has 0 aliphatic rings. The van der Waals surface area contributed by atoms with Crippen molar-refractivity contribution in [2.24, 2.45) is 0 Å². The van der Waals surface area contributed by atoms with E-state index in [2.05, 4.69) is 5.92 Å². The van der Waals surface area contributed by atoms with Gasteiger partial charge in [-0.2, -0.15) is 4.31 Å². The van der Waals surface area contributed by atoms with Crippen LogP contribution < -0.4 is 0 Å². The number of aryl methyl sites for hydroxylation is 1. The highest BCUT2D eigenvalue weighted by molar-refractivity contribution is 7.89. The van der Waals surface area contributed by atoms with E-state index < -0.39 is 10.0 Å². The van der Waals surface area contributed by atoms with Crippen LogP contribution in [-0.4, -0.2) is 25.8 Å². The molecule has 2 rings (SSSR count). The molecule has 25 heavy (non-hydrogen) atoms. The number of hydrogen-bond donors (Lipinski definition) is 0. The number of nitrogens with zero attached hydrogens (tertiary/aromatic N) is 1. The Morgan fingerprint density at radius 3 is 2.36 bits per heavy atom. The van der Waals surface area contributed by atoms with Crippen LogP contribution in [0.3, 0.4) is 0 Å². The molecule has 0 N–H and O–H groups in total. The van der Waals surface area contributed by atoms with Crippen molar-refractivity contribution >= 4 is 27.7 Å². The molecule has 0 radical (unpaired) electrons. The van der Waals surface area contributed by atoms with Crippen LogP contribution in [0, 0.1) is 19.3 Å². The van der Waals surface area contributed by atoms with Gasteiger partial charge in [0.2, 0.25) is 10.0 Å². The topological polar surface area (TPSA) is 37.4 Å². The second-order valence-electron chi connectivity index (χ2n) is 5.60. The van der Waals surface area contributed by atoms with Gasteiger partial charge in [0.15, 0.2) is 0 Å². The molecule has 3 nitrogen and oxygen atoms in total. The maximum atomic E-state index is 12.7. The monoisotopic (exact) mass is 373 g/mol. The first-order valence-corrected chi connectivity index (χ1v) is 9.67. The molecule has 0 bridgehead atoms. The van der Waals surface area contributed by atoms with E-state index in [0.717, 1.165) is 11.1 Å². The van der Waals surface area contributed by atoms with Crippen LogP contribution in [0.1, 0.15) is 17.5 Å². The van der Waals surface area contributed by atoms with Gasteiger partial charge in [0.05, 0.1) is 11.4 Å². The molecule has 0 spiro atoms. The van der Waals surface area contributed by atoms with Crippen molar-refractivity contribution in [3.05, 3.63) is 70.8 Å². The number of benzene rings is 2. The zero-order valence-electron chi connectivity index (χ0n) is 14.0. The van der Waals surface area contributed by atoms with Gasteiger partial charge in [0.1, 0.15) is 0 Å². The lowest BCUT2D eigenvalue weighted by Gasteiger charge is -2.19. The van der Waals surface area contributed by atoms with E-state index in [1.54, 1.807) is 24.3 Å². The minimum atomic E-state index is -3.59. The molecule has 0 aliphatic carbocycles. The first-order valence-electron chi connectivity index (χ1n) is 7.86. The van der Waals surface area contributed by atoms with Gasteiger partial charge >= 0.3 is 0 Å². The van der Waals surface area contributed by atoms with Gasteiger partial charge in [-0.1, -0.05) is 59.5 Å². The number of rotatable bonds is 7. The van der Waals surface area contributed by atoms with Crippen LogP contribution in [0.15, 0.2) is 59.5 Å². The van der Waals surface area contributed by atoms with E-state index >= 15 is 0 Å². The van der Waals surface area contributed by atoms with Gasteiger partial charge in [-0.15, -0.1) is 6.42 Å². The molecule has 5 heteroatoms. The van der Waals surface area contributed by atoms with Crippen LogP contribution in [0.25, 0.3) is 6.08 Å². The zero-order chi connectivity index (χ0) is 18.3. The van der Waals surface area contributed by atoms with Gasteiger partial charge in [-0.25, -0.2) is 8.42 Å². The number of hydrogen-bond acceptors (Lipinski definition) is 2. The number of sulfonamides is 1. The lowest BCUT2D eigenvalue weighted by molar-refractivity contribution is 0.452. The van der Waals surface area contributed by atoms with Crippen molar-refractivity contribution in [3.8, 4) is 12.3 Å². The maximum absolute atomic E-state index is 12.7. The summed E-state index contributed by atoms with van der Waals surface area (Å²) in [5, 5.41) is 0.682. The van der Waals surface area contributed by atoms with Crippen molar-refractivity contribution < 1.29 is 8.42 Å². The molecule has 0 aliphatic heterocycles. The lowest BCUT2D eigenvalue weighted by atomic mass is 10.2. The fourth-order valence-electron chi connectivity index (χ4n) is 2.26. The fourth-order valence-corrected chi connectivity index (χ4v) is 3.75. The van der Waals surface area contributed by atoms with Gasteiger partial charge in [0.25, 0.3) is 0 Å². The smallest absolute Gasteiger partial charge is 0.207 e. The van der Waals surface area contributed by atoms with E-state index in [0.29, 0.717) is 18.0 Å². The molecule has 2 aromatic carbocycles. The summed E-state index contributed by atoms with van der Waals surface area (Å²) in [6.07, 6.45) is 9.78. The molecule has 0 atom stereocenters. The molecule has 0 aromatic heterocycles. The van der Waals surface area contributed by atoms with Crippen molar-refractivity contribution in [2.75, 3.05) is 13.1 Å². The van der Waals surface area contributed by atoms with Gasteiger partial charge in [-0.3, -0.25) is 0 Å². The summed E-state index contributed by atoms with van der Waals surface area (Å²) in [7, 11) is -3.59. The van der Waals surface area contributed by atoms with Crippen LogP contribution in [0.2, 0.25) is 5.02 Å². The van der Waals surface area contributed by atoms with Crippen molar-refractivity contribution in [1.82, 2.24) is 4.31 Å². The fraction of sp³-hybridized carbons (Fsp3) is 0.200. The molecule has 0 fully saturated rings. The Balaban J connectivity index is 2.06. The van der Waals surface area contributed by atoms with Crippen LogP contribution in [-0.2, 0) is 10.0 Å². The Kier molecular flexibility index (Phi) is 6.83. The summed E-state index contributed by atoms with van der Waals surface area (Å²) in [5.74, 6) is 2.43. The first-order chi connectivity index (χ1) is 11.9. The Morgan fingerprint density at radius 2 is 1.76 bits per heavy atom. The minimum absolute atomic E-state index is 0.0466. The molecule has 2 aromatic rings. The predicted molar refractivity (Wildman–Crippen MR) is 104 cm³/mol. The average molecular weight is 374 g/mol. The van der Waals surface area contributed by atoms with Crippen LogP contribution in [0.5, 0.6) is 0 Å². The number of terminal acetylenes is 1. The Hall–Kier alpha value is -2.06. The van der Waals surface area contributed by atoms with Crippen molar-refractivity contribution in [1.29, 1.82) is 0 Å². The number of halogens is 1. The summed E-state index contributed by atoms with van der Waals surface area (Å²) in [6.45, 7) is 2.28. The SMILES string of the molecule is C#CCN(CC/C=C/c1ccc(Cl)cc1)S(=O)(=O)c1ccc(C)cc1. The third-order valence-electron chi connectivity index (χ3n) is 3.65. The summed E-state index contributed by atoms with van der Waals surface area (Å²) in [6, 6.07) is 14.2. The third kappa shape index (κ3) is 5.47. The molecule has 0 saturated carbocycles. The highest BCUT2D eigenvalue weighted by Crippen LogP contribution is 2.17. The highest BCUT2D eigenvalue weighted by atomic mass is 35.5. The highest BCUT2D eigenvalue weighted by Gasteiger charge is 2.22. The van der Waals surface area contributed by atoms with Gasteiger partial charge in [0, 0.05) is 11.6 Å². The molecule has 0 amide bonds. The second-order valence-corrected chi connectivity index (χ2v) is 7.97. The van der Waals surface area contributed by atoms with E-state index in [4.69, 9.17) is 18.0 Å². The van der Waals surface area contributed by atoms with Crippen LogP contribution in [0.4, 0.5) is 0 Å². The van der Waals surface area contributed by atoms with Crippen molar-refractivity contribution in [2.45, 2.75) is 18.2 Å². The lowest BCUT2D eigenvalue weighted by Crippen LogP contribution is -2.32. The van der Waals surface area contributed by atoms with Crippen molar-refractivity contribution in [3.63, 3.8) is 0 Å². The molecular formula is C20H20ClNO2S. The Labute approximate surface area is 155 Å². The average Bonchev–Trinajstić information content (AvgIpc) is 2.59.